The van der Waals surface area contributed by atoms with Gasteiger partial charge in [0, 0.05) is 37.3 Å². The number of ether oxygens (including phenoxy) is 1. The van der Waals surface area contributed by atoms with Gasteiger partial charge in [-0.05, 0) is 49.2 Å². The lowest BCUT2D eigenvalue weighted by atomic mass is 10.1. The average Bonchev–Trinajstić information content (AvgIpc) is 3.33. The number of likely N-dealkylation sites (tertiary alicyclic amines) is 1. The number of carbonyl (C=O) groups excluding carboxylic acids is 1. The Balaban J connectivity index is 1.56. The molecule has 0 N–H and O–H groups in total. The van der Waals surface area contributed by atoms with Gasteiger partial charge in [0.2, 0.25) is 0 Å². The van der Waals surface area contributed by atoms with Crippen LogP contribution in [0.1, 0.15) is 41.9 Å². The Hall–Kier alpha value is -2.89. The van der Waals surface area contributed by atoms with Gasteiger partial charge in [0.05, 0.1) is 7.11 Å². The van der Waals surface area contributed by atoms with Gasteiger partial charge in [-0.3, -0.25) is 4.79 Å². The third-order valence-electron chi connectivity index (χ3n) is 5.16. The molecule has 4 rings (SSSR count). The van der Waals surface area contributed by atoms with Crippen LogP contribution in [0.4, 0.5) is 0 Å². The van der Waals surface area contributed by atoms with Crippen LogP contribution in [0.5, 0.6) is 5.75 Å². The van der Waals surface area contributed by atoms with E-state index in [4.69, 9.17) is 9.72 Å². The number of benzene rings is 1. The summed E-state index contributed by atoms with van der Waals surface area (Å²) in [6, 6.07) is 11.2. The smallest absolute Gasteiger partial charge is 0.253 e. The molecule has 1 aliphatic rings. The van der Waals surface area contributed by atoms with Crippen molar-refractivity contribution >= 4 is 17.1 Å². The van der Waals surface area contributed by atoms with Gasteiger partial charge in [0.1, 0.15) is 17.1 Å². The molecule has 0 spiro atoms. The number of methoxy groups -OCH3 is 1. The average molecular weight is 364 g/mol. The molecule has 1 saturated heterocycles. The fourth-order valence-corrected chi connectivity index (χ4v) is 3.80. The molecule has 0 unspecified atom stereocenters. The Bertz CT molecular complexity index is 948. The van der Waals surface area contributed by atoms with E-state index in [0.29, 0.717) is 12.1 Å². The summed E-state index contributed by atoms with van der Waals surface area (Å²) in [5.41, 5.74) is 2.57. The molecule has 3 heterocycles. The molecular formula is C21H24N4O2. The zero-order valence-electron chi connectivity index (χ0n) is 15.8. The van der Waals surface area contributed by atoms with Crippen molar-refractivity contribution in [1.82, 2.24) is 19.4 Å². The van der Waals surface area contributed by atoms with E-state index in [1.54, 1.807) is 7.11 Å². The van der Waals surface area contributed by atoms with Crippen molar-refractivity contribution in [3.63, 3.8) is 0 Å². The summed E-state index contributed by atoms with van der Waals surface area (Å²) in [5, 5.41) is 0. The molecule has 2 aromatic heterocycles. The number of imidazole rings is 1. The molecule has 3 aromatic rings. The molecule has 6 nitrogen and oxygen atoms in total. The third-order valence-corrected chi connectivity index (χ3v) is 5.16. The van der Waals surface area contributed by atoms with E-state index in [1.165, 1.54) is 0 Å². The van der Waals surface area contributed by atoms with Crippen LogP contribution < -0.4 is 4.74 Å². The van der Waals surface area contributed by atoms with E-state index in [9.17, 15) is 4.79 Å². The van der Waals surface area contributed by atoms with Crippen molar-refractivity contribution in [1.29, 1.82) is 0 Å². The molecule has 1 aliphatic heterocycles. The second-order valence-electron chi connectivity index (χ2n) is 6.93. The lowest BCUT2D eigenvalue weighted by Crippen LogP contribution is -2.28. The molecule has 0 aliphatic carbocycles. The highest BCUT2D eigenvalue weighted by Crippen LogP contribution is 2.30. The molecule has 6 heteroatoms. The van der Waals surface area contributed by atoms with Crippen LogP contribution in [-0.2, 0) is 6.54 Å². The van der Waals surface area contributed by atoms with Crippen molar-refractivity contribution in [3.05, 3.63) is 54.0 Å². The first-order valence-electron chi connectivity index (χ1n) is 9.45. The van der Waals surface area contributed by atoms with Crippen LogP contribution in [0.15, 0.2) is 42.6 Å². The molecule has 140 valence electrons. The number of aromatic nitrogens is 3. The van der Waals surface area contributed by atoms with Crippen molar-refractivity contribution in [2.75, 3.05) is 20.2 Å². The maximum Gasteiger partial charge on any atom is 0.253 e. The summed E-state index contributed by atoms with van der Waals surface area (Å²) in [6.45, 7) is 4.49. The maximum atomic E-state index is 12.9. The minimum absolute atomic E-state index is 0.0661. The Morgan fingerprint density at radius 2 is 2.07 bits per heavy atom. The summed E-state index contributed by atoms with van der Waals surface area (Å²) in [4.78, 5) is 24.1. The molecular weight excluding hydrogens is 340 g/mol. The summed E-state index contributed by atoms with van der Waals surface area (Å²) < 4.78 is 7.40. The van der Waals surface area contributed by atoms with Gasteiger partial charge in [-0.1, -0.05) is 6.92 Å². The van der Waals surface area contributed by atoms with E-state index in [-0.39, 0.29) is 11.8 Å². The van der Waals surface area contributed by atoms with E-state index in [2.05, 4.69) is 16.5 Å². The monoisotopic (exact) mass is 364 g/mol. The summed E-state index contributed by atoms with van der Waals surface area (Å²) in [6.07, 6.45) is 3.76. The van der Waals surface area contributed by atoms with Gasteiger partial charge in [-0.25, -0.2) is 9.97 Å². The lowest BCUT2D eigenvalue weighted by molar-refractivity contribution is 0.0790. The highest BCUT2D eigenvalue weighted by Gasteiger charge is 2.31. The fourth-order valence-electron chi connectivity index (χ4n) is 3.80. The quantitative estimate of drug-likeness (QED) is 0.695. The van der Waals surface area contributed by atoms with Gasteiger partial charge >= 0.3 is 0 Å². The van der Waals surface area contributed by atoms with E-state index >= 15 is 0 Å². The van der Waals surface area contributed by atoms with Crippen LogP contribution in [0.2, 0.25) is 0 Å². The first kappa shape index (κ1) is 17.5. The second-order valence-corrected chi connectivity index (χ2v) is 6.93. The molecule has 1 atom stereocenters. The molecule has 1 amide bonds. The number of fused-ring (bicyclic) bond motifs is 1. The molecule has 27 heavy (non-hydrogen) atoms. The van der Waals surface area contributed by atoms with Crippen LogP contribution in [0.25, 0.3) is 11.2 Å². The molecule has 0 bridgehead atoms. The van der Waals surface area contributed by atoms with E-state index in [1.807, 2.05) is 47.5 Å². The minimum atomic E-state index is 0.0661. The van der Waals surface area contributed by atoms with Crippen molar-refractivity contribution < 1.29 is 9.53 Å². The number of aryl methyl sites for hydroxylation is 1. The number of pyridine rings is 1. The van der Waals surface area contributed by atoms with Crippen molar-refractivity contribution in [3.8, 4) is 5.75 Å². The normalized spacial score (nSPS) is 16.8. The first-order valence-corrected chi connectivity index (χ1v) is 9.45. The van der Waals surface area contributed by atoms with E-state index in [0.717, 1.165) is 48.7 Å². The Morgan fingerprint density at radius 1 is 1.26 bits per heavy atom. The van der Waals surface area contributed by atoms with E-state index < -0.39 is 0 Å². The number of hydrogen-bond donors (Lipinski definition) is 0. The highest BCUT2D eigenvalue weighted by molar-refractivity contribution is 5.94. The maximum absolute atomic E-state index is 12.9. The summed E-state index contributed by atoms with van der Waals surface area (Å²) in [7, 11) is 1.62. The standard InChI is InChI=1S/C21H24N4O2/c1-3-12-25-19(23-18-5-4-11-22-20(18)25)16-10-13-24(14-16)21(26)15-6-8-17(27-2)9-7-15/h4-9,11,16H,3,10,12-14H2,1-2H3/t16-/m1/s1. The van der Waals surface area contributed by atoms with Crippen LogP contribution in [-0.4, -0.2) is 45.5 Å². The lowest BCUT2D eigenvalue weighted by Gasteiger charge is -2.17. The Morgan fingerprint density at radius 3 is 2.81 bits per heavy atom. The van der Waals surface area contributed by atoms with Gasteiger partial charge in [-0.2, -0.15) is 0 Å². The number of amides is 1. The van der Waals surface area contributed by atoms with Crippen molar-refractivity contribution in [2.24, 2.45) is 0 Å². The minimum Gasteiger partial charge on any atom is -0.497 e. The molecule has 0 radical (unpaired) electrons. The summed E-state index contributed by atoms with van der Waals surface area (Å²) >= 11 is 0. The van der Waals surface area contributed by atoms with Crippen LogP contribution >= 0.6 is 0 Å². The first-order chi connectivity index (χ1) is 13.2. The highest BCUT2D eigenvalue weighted by atomic mass is 16.5. The SMILES string of the molecule is CCCn1c([C@@H]2CCN(C(=O)c3ccc(OC)cc3)C2)nc2cccnc21. The summed E-state index contributed by atoms with van der Waals surface area (Å²) in [5.74, 6) is 2.12. The topological polar surface area (TPSA) is 60.2 Å². The number of rotatable bonds is 5. The van der Waals surface area contributed by atoms with Gasteiger partial charge in [0.25, 0.3) is 5.91 Å². The predicted molar refractivity (Wildman–Crippen MR) is 104 cm³/mol. The second kappa shape index (κ2) is 7.39. The van der Waals surface area contributed by atoms with Crippen LogP contribution in [0.3, 0.4) is 0 Å². The van der Waals surface area contributed by atoms with Crippen molar-refractivity contribution in [2.45, 2.75) is 32.2 Å². The third kappa shape index (κ3) is 3.27. The Labute approximate surface area is 158 Å². The molecule has 1 aromatic carbocycles. The van der Waals surface area contributed by atoms with Gasteiger partial charge in [-0.15, -0.1) is 0 Å². The number of hydrogen-bond acceptors (Lipinski definition) is 4. The fraction of sp³-hybridized carbons (Fsp3) is 0.381. The Kier molecular flexibility index (Phi) is 4.79. The predicted octanol–water partition coefficient (Wildman–Crippen LogP) is 3.48. The zero-order chi connectivity index (χ0) is 18.8. The van der Waals surface area contributed by atoms with Crippen LogP contribution in [0, 0.1) is 0 Å². The zero-order valence-corrected chi connectivity index (χ0v) is 15.8. The van der Waals surface area contributed by atoms with Gasteiger partial charge in [0.15, 0.2) is 5.65 Å². The molecule has 1 fully saturated rings. The molecule has 0 saturated carbocycles. The number of nitrogens with zero attached hydrogens (tertiary/aromatic N) is 4. The largest absolute Gasteiger partial charge is 0.497 e. The van der Waals surface area contributed by atoms with Gasteiger partial charge < -0.3 is 14.2 Å². The number of carbonyl (C=O) groups is 1.